The van der Waals surface area contributed by atoms with E-state index in [1.54, 1.807) is 7.11 Å². The molecule has 1 saturated heterocycles. The molecule has 0 amide bonds. The van der Waals surface area contributed by atoms with E-state index in [1.165, 1.54) is 0 Å². The zero-order chi connectivity index (χ0) is 9.14. The lowest BCUT2D eigenvalue weighted by atomic mass is 10.2. The van der Waals surface area contributed by atoms with Crippen LogP contribution in [0.1, 0.15) is 6.92 Å². The first-order chi connectivity index (χ1) is 5.63. The minimum atomic E-state index is 0.242. The number of likely N-dealkylation sites (N-methyl/N-ethyl adjacent to an activating group) is 1. The Hall–Kier alpha value is 0.610. The van der Waals surface area contributed by atoms with Crippen LogP contribution < -0.4 is 0 Å². The van der Waals surface area contributed by atoms with Crippen LogP contribution in [0.15, 0.2) is 0 Å². The molecule has 72 valence electrons. The molecule has 0 radical (unpaired) electrons. The lowest BCUT2D eigenvalue weighted by molar-refractivity contribution is -0.0290. The first kappa shape index (κ1) is 10.7. The highest BCUT2D eigenvalue weighted by Gasteiger charge is 2.32. The number of alkyl halides is 1. The first-order valence-electron chi connectivity index (χ1n) is 4.14. The van der Waals surface area contributed by atoms with Crippen LogP contribution >= 0.6 is 22.6 Å². The topological polar surface area (TPSA) is 21.7 Å². The van der Waals surface area contributed by atoms with Gasteiger partial charge in [0.2, 0.25) is 0 Å². The fourth-order valence-electron chi connectivity index (χ4n) is 1.52. The molecule has 3 atom stereocenters. The van der Waals surface area contributed by atoms with Crippen LogP contribution in [0, 0.1) is 0 Å². The van der Waals surface area contributed by atoms with Crippen LogP contribution in [0.5, 0.6) is 0 Å². The molecule has 3 nitrogen and oxygen atoms in total. The van der Waals surface area contributed by atoms with Gasteiger partial charge in [-0.3, -0.25) is 0 Å². The van der Waals surface area contributed by atoms with E-state index in [1.807, 2.05) is 6.92 Å². The molecule has 1 aliphatic rings. The zero-order valence-electron chi connectivity index (χ0n) is 7.79. The maximum Gasteiger partial charge on any atom is 0.106 e. The van der Waals surface area contributed by atoms with Gasteiger partial charge in [0.15, 0.2) is 0 Å². The molecule has 1 aliphatic heterocycles. The highest BCUT2D eigenvalue weighted by atomic mass is 127. The lowest BCUT2D eigenvalue weighted by Crippen LogP contribution is -2.30. The molecule has 1 fully saturated rings. The fraction of sp³-hybridized carbons (Fsp3) is 1.00. The number of halogens is 1. The smallest absolute Gasteiger partial charge is 0.106 e. The zero-order valence-corrected chi connectivity index (χ0v) is 9.95. The van der Waals surface area contributed by atoms with Gasteiger partial charge in [-0.05, 0) is 14.0 Å². The summed E-state index contributed by atoms with van der Waals surface area (Å²) in [6, 6.07) is 0. The summed E-state index contributed by atoms with van der Waals surface area (Å²) in [6.45, 7) is 4.00. The molecule has 0 unspecified atom stereocenters. The summed E-state index contributed by atoms with van der Waals surface area (Å²) in [4.78, 5) is 2.23. The number of ether oxygens (including phenoxy) is 2. The summed E-state index contributed by atoms with van der Waals surface area (Å²) < 4.78 is 11.3. The number of likely N-dealkylation sites (tertiary alicyclic amines) is 1. The maximum absolute atomic E-state index is 5.71. The fourth-order valence-corrected chi connectivity index (χ4v) is 1.90. The standard InChI is InChI=1S/C8H16INO2/c1-6(9)12-8-5-10(2)4-7(8)11-3/h6-8H,4-5H2,1-3H3/t6-,7-,8-/m1/s1. The quantitative estimate of drug-likeness (QED) is 0.573. The van der Waals surface area contributed by atoms with Gasteiger partial charge in [0, 0.05) is 20.2 Å². The van der Waals surface area contributed by atoms with E-state index in [0.29, 0.717) is 0 Å². The van der Waals surface area contributed by atoms with Crippen molar-refractivity contribution in [3.63, 3.8) is 0 Å². The molecular formula is C8H16INO2. The van der Waals surface area contributed by atoms with Gasteiger partial charge in [0.1, 0.15) is 4.11 Å². The number of methoxy groups -OCH3 is 1. The number of hydrogen-bond donors (Lipinski definition) is 0. The second-order valence-electron chi connectivity index (χ2n) is 3.21. The van der Waals surface area contributed by atoms with Crippen molar-refractivity contribution in [1.82, 2.24) is 4.90 Å². The van der Waals surface area contributed by atoms with Gasteiger partial charge >= 0.3 is 0 Å². The summed E-state index contributed by atoms with van der Waals surface area (Å²) in [5.41, 5.74) is 0. The Balaban J connectivity index is 2.40. The van der Waals surface area contributed by atoms with Crippen LogP contribution in [-0.4, -0.2) is 48.5 Å². The third-order valence-corrected chi connectivity index (χ3v) is 2.36. The lowest BCUT2D eigenvalue weighted by Gasteiger charge is -2.19. The first-order valence-corrected chi connectivity index (χ1v) is 5.39. The Labute approximate surface area is 87.5 Å². The van der Waals surface area contributed by atoms with Crippen molar-refractivity contribution in [3.8, 4) is 0 Å². The third kappa shape index (κ3) is 2.83. The van der Waals surface area contributed by atoms with Crippen molar-refractivity contribution in [2.24, 2.45) is 0 Å². The van der Waals surface area contributed by atoms with Crippen molar-refractivity contribution in [2.45, 2.75) is 23.2 Å². The van der Waals surface area contributed by atoms with Crippen LogP contribution in [0.4, 0.5) is 0 Å². The van der Waals surface area contributed by atoms with Gasteiger partial charge in [-0.2, -0.15) is 0 Å². The highest BCUT2D eigenvalue weighted by Crippen LogP contribution is 2.17. The van der Waals surface area contributed by atoms with Gasteiger partial charge in [-0.1, -0.05) is 22.6 Å². The summed E-state index contributed by atoms with van der Waals surface area (Å²) in [7, 11) is 3.84. The summed E-state index contributed by atoms with van der Waals surface area (Å²) in [5, 5.41) is 0. The van der Waals surface area contributed by atoms with Crippen molar-refractivity contribution in [2.75, 3.05) is 27.2 Å². The summed E-state index contributed by atoms with van der Waals surface area (Å²) in [6.07, 6.45) is 0.485. The number of rotatable bonds is 3. The average molecular weight is 285 g/mol. The molecule has 0 aliphatic carbocycles. The minimum absolute atomic E-state index is 0.242. The van der Waals surface area contributed by atoms with Crippen molar-refractivity contribution in [3.05, 3.63) is 0 Å². The van der Waals surface area contributed by atoms with Crippen molar-refractivity contribution in [1.29, 1.82) is 0 Å². The van der Waals surface area contributed by atoms with E-state index in [2.05, 4.69) is 34.5 Å². The van der Waals surface area contributed by atoms with E-state index in [9.17, 15) is 0 Å². The molecule has 0 aromatic heterocycles. The molecule has 0 aromatic rings. The SMILES string of the molecule is CO[C@@H]1CN(C)C[C@H]1O[C@H](C)I. The minimum Gasteiger partial charge on any atom is -0.377 e. The molecule has 4 heteroatoms. The number of hydrogen-bond acceptors (Lipinski definition) is 3. The second-order valence-corrected chi connectivity index (χ2v) is 4.97. The second kappa shape index (κ2) is 4.74. The van der Waals surface area contributed by atoms with Crippen LogP contribution in [0.3, 0.4) is 0 Å². The monoisotopic (exact) mass is 285 g/mol. The Morgan fingerprint density at radius 2 is 2.00 bits per heavy atom. The van der Waals surface area contributed by atoms with Crippen molar-refractivity contribution >= 4 is 22.6 Å². The third-order valence-electron chi connectivity index (χ3n) is 2.06. The molecule has 1 heterocycles. The molecule has 1 rings (SSSR count). The predicted octanol–water partition coefficient (Wildman–Crippen LogP) is 1.11. The normalized spacial score (nSPS) is 34.0. The Morgan fingerprint density at radius 3 is 2.50 bits per heavy atom. The van der Waals surface area contributed by atoms with Gasteiger partial charge in [-0.15, -0.1) is 0 Å². The van der Waals surface area contributed by atoms with Gasteiger partial charge in [0.25, 0.3) is 0 Å². The van der Waals surface area contributed by atoms with Gasteiger partial charge in [-0.25, -0.2) is 0 Å². The molecule has 0 spiro atoms. The van der Waals surface area contributed by atoms with E-state index in [4.69, 9.17) is 9.47 Å². The summed E-state index contributed by atoms with van der Waals surface area (Å²) >= 11 is 2.27. The Kier molecular flexibility index (Phi) is 4.22. The van der Waals surface area contributed by atoms with E-state index < -0.39 is 0 Å². The molecule has 0 N–H and O–H groups in total. The van der Waals surface area contributed by atoms with E-state index >= 15 is 0 Å². The molecule has 0 saturated carbocycles. The highest BCUT2D eigenvalue weighted by molar-refractivity contribution is 14.1. The van der Waals surface area contributed by atoms with Crippen molar-refractivity contribution < 1.29 is 9.47 Å². The summed E-state index contributed by atoms with van der Waals surface area (Å²) in [5.74, 6) is 0. The van der Waals surface area contributed by atoms with Gasteiger partial charge < -0.3 is 14.4 Å². The Morgan fingerprint density at radius 1 is 1.42 bits per heavy atom. The molecular weight excluding hydrogens is 269 g/mol. The predicted molar refractivity (Wildman–Crippen MR) is 56.6 cm³/mol. The van der Waals surface area contributed by atoms with E-state index in [-0.39, 0.29) is 16.3 Å². The molecule has 0 bridgehead atoms. The number of nitrogens with zero attached hydrogens (tertiary/aromatic N) is 1. The van der Waals surface area contributed by atoms with Crippen LogP contribution in [-0.2, 0) is 9.47 Å². The van der Waals surface area contributed by atoms with Crippen LogP contribution in [0.25, 0.3) is 0 Å². The molecule has 12 heavy (non-hydrogen) atoms. The Bertz CT molecular complexity index is 143. The van der Waals surface area contributed by atoms with Gasteiger partial charge in [0.05, 0.1) is 12.2 Å². The average Bonchev–Trinajstić information content (AvgIpc) is 2.29. The van der Waals surface area contributed by atoms with E-state index in [0.717, 1.165) is 13.1 Å². The molecule has 0 aromatic carbocycles. The largest absolute Gasteiger partial charge is 0.377 e. The van der Waals surface area contributed by atoms with Crippen LogP contribution in [0.2, 0.25) is 0 Å². The maximum atomic E-state index is 5.71.